The van der Waals surface area contributed by atoms with E-state index in [9.17, 15) is 4.79 Å². The summed E-state index contributed by atoms with van der Waals surface area (Å²) in [5, 5.41) is 2.96. The Morgan fingerprint density at radius 3 is 2.92 bits per heavy atom. The summed E-state index contributed by atoms with van der Waals surface area (Å²) >= 11 is 0. The molecule has 1 aromatic heterocycles. The zero-order valence-corrected chi connectivity index (χ0v) is 7.50. The molecule has 0 unspecified atom stereocenters. The summed E-state index contributed by atoms with van der Waals surface area (Å²) in [5.74, 6) is 0. The minimum atomic E-state index is 0.106. The van der Waals surface area contributed by atoms with Gasteiger partial charge in [0.25, 0.3) is 5.56 Å². The first kappa shape index (κ1) is 9.00. The van der Waals surface area contributed by atoms with Crippen LogP contribution in [-0.2, 0) is 13.1 Å². The van der Waals surface area contributed by atoms with Gasteiger partial charge in [-0.15, -0.1) is 0 Å². The van der Waals surface area contributed by atoms with Crippen LogP contribution in [0.1, 0.15) is 12.5 Å². The Kier molecular flexibility index (Phi) is 3.05. The molecule has 0 atom stereocenters. The molecule has 1 heterocycles. The van der Waals surface area contributed by atoms with Gasteiger partial charge in [0.15, 0.2) is 0 Å². The lowest BCUT2D eigenvalue weighted by Gasteiger charge is -2.03. The standard InChI is InChI=1S/C9H14N2O/c1-3-11-6-4-5-8(7-10-2)9(11)12/h4-6,10H,3,7H2,1-2H3. The van der Waals surface area contributed by atoms with Crippen molar-refractivity contribution in [1.29, 1.82) is 0 Å². The summed E-state index contributed by atoms with van der Waals surface area (Å²) in [5.41, 5.74) is 0.927. The topological polar surface area (TPSA) is 34.0 Å². The number of aromatic nitrogens is 1. The van der Waals surface area contributed by atoms with E-state index < -0.39 is 0 Å². The van der Waals surface area contributed by atoms with E-state index >= 15 is 0 Å². The zero-order valence-electron chi connectivity index (χ0n) is 7.50. The van der Waals surface area contributed by atoms with E-state index in [0.717, 1.165) is 12.1 Å². The maximum Gasteiger partial charge on any atom is 0.255 e. The zero-order chi connectivity index (χ0) is 8.97. The van der Waals surface area contributed by atoms with Crippen LogP contribution in [0, 0.1) is 0 Å². The van der Waals surface area contributed by atoms with Crippen LogP contribution in [-0.4, -0.2) is 11.6 Å². The Labute approximate surface area is 72.0 Å². The molecule has 3 nitrogen and oxygen atoms in total. The largest absolute Gasteiger partial charge is 0.316 e. The van der Waals surface area contributed by atoms with Gasteiger partial charge in [-0.1, -0.05) is 6.07 Å². The van der Waals surface area contributed by atoms with Gasteiger partial charge in [0.05, 0.1) is 0 Å². The monoisotopic (exact) mass is 166 g/mol. The molecule has 1 aromatic rings. The summed E-state index contributed by atoms with van der Waals surface area (Å²) < 4.78 is 1.70. The molecule has 0 amide bonds. The number of nitrogens with one attached hydrogen (secondary N) is 1. The molecule has 0 bridgehead atoms. The summed E-state index contributed by atoms with van der Waals surface area (Å²) in [7, 11) is 1.84. The Morgan fingerprint density at radius 1 is 1.58 bits per heavy atom. The van der Waals surface area contributed by atoms with Gasteiger partial charge in [0, 0.05) is 24.8 Å². The quantitative estimate of drug-likeness (QED) is 0.713. The number of nitrogens with zero attached hydrogens (tertiary/aromatic N) is 1. The third-order valence-corrected chi connectivity index (χ3v) is 1.81. The van der Waals surface area contributed by atoms with Crippen molar-refractivity contribution in [3.8, 4) is 0 Å². The van der Waals surface area contributed by atoms with Crippen molar-refractivity contribution in [2.75, 3.05) is 7.05 Å². The molecule has 0 saturated heterocycles. The van der Waals surface area contributed by atoms with E-state index in [1.54, 1.807) is 4.57 Å². The molecule has 0 saturated carbocycles. The average Bonchev–Trinajstić information content (AvgIpc) is 2.09. The number of hydrogen-bond acceptors (Lipinski definition) is 2. The van der Waals surface area contributed by atoms with Gasteiger partial charge in [-0.3, -0.25) is 4.79 Å². The Bertz CT molecular complexity index is 304. The van der Waals surface area contributed by atoms with E-state index in [2.05, 4.69) is 5.32 Å². The van der Waals surface area contributed by atoms with Crippen molar-refractivity contribution in [2.45, 2.75) is 20.0 Å². The molecule has 12 heavy (non-hydrogen) atoms. The van der Waals surface area contributed by atoms with Crippen LogP contribution >= 0.6 is 0 Å². The lowest BCUT2D eigenvalue weighted by Crippen LogP contribution is -2.24. The van der Waals surface area contributed by atoms with Crippen LogP contribution in [0.2, 0.25) is 0 Å². The molecule has 1 rings (SSSR count). The smallest absolute Gasteiger partial charge is 0.255 e. The second kappa shape index (κ2) is 4.07. The minimum Gasteiger partial charge on any atom is -0.316 e. The highest BCUT2D eigenvalue weighted by molar-refractivity contribution is 5.09. The van der Waals surface area contributed by atoms with Crippen molar-refractivity contribution in [2.24, 2.45) is 0 Å². The van der Waals surface area contributed by atoms with Crippen molar-refractivity contribution in [3.05, 3.63) is 34.2 Å². The van der Waals surface area contributed by atoms with Crippen LogP contribution in [0.5, 0.6) is 0 Å². The summed E-state index contributed by atoms with van der Waals surface area (Å²) in [6.45, 7) is 3.33. The Morgan fingerprint density at radius 2 is 2.33 bits per heavy atom. The molecular formula is C9H14N2O. The lowest BCUT2D eigenvalue weighted by molar-refractivity contribution is 0.700. The number of hydrogen-bond donors (Lipinski definition) is 1. The van der Waals surface area contributed by atoms with E-state index in [0.29, 0.717) is 6.54 Å². The number of rotatable bonds is 3. The Hall–Kier alpha value is -1.09. The van der Waals surface area contributed by atoms with E-state index in [1.165, 1.54) is 0 Å². The predicted octanol–water partition coefficient (Wildman–Crippen LogP) is 0.588. The van der Waals surface area contributed by atoms with Gasteiger partial charge < -0.3 is 9.88 Å². The third kappa shape index (κ3) is 1.74. The Balaban J connectivity index is 3.06. The highest BCUT2D eigenvalue weighted by Gasteiger charge is 1.98. The van der Waals surface area contributed by atoms with Crippen molar-refractivity contribution in [1.82, 2.24) is 9.88 Å². The van der Waals surface area contributed by atoms with Crippen molar-refractivity contribution < 1.29 is 0 Å². The highest BCUT2D eigenvalue weighted by Crippen LogP contribution is 1.90. The molecule has 0 fully saturated rings. The molecule has 0 aliphatic carbocycles. The molecule has 0 spiro atoms. The summed E-state index contributed by atoms with van der Waals surface area (Å²) in [4.78, 5) is 11.5. The van der Waals surface area contributed by atoms with Crippen LogP contribution in [0.15, 0.2) is 23.1 Å². The van der Waals surface area contributed by atoms with Crippen LogP contribution in [0.4, 0.5) is 0 Å². The normalized spacial score (nSPS) is 10.2. The fraction of sp³-hybridized carbons (Fsp3) is 0.444. The van der Waals surface area contributed by atoms with Crippen LogP contribution in [0.25, 0.3) is 0 Å². The van der Waals surface area contributed by atoms with Crippen molar-refractivity contribution >= 4 is 0 Å². The van der Waals surface area contributed by atoms with Crippen LogP contribution < -0.4 is 10.9 Å². The van der Waals surface area contributed by atoms with Gasteiger partial charge in [0.1, 0.15) is 0 Å². The van der Waals surface area contributed by atoms with Crippen molar-refractivity contribution in [3.63, 3.8) is 0 Å². The molecule has 0 aromatic carbocycles. The van der Waals surface area contributed by atoms with Crippen LogP contribution in [0.3, 0.4) is 0 Å². The first-order valence-electron chi connectivity index (χ1n) is 4.12. The van der Waals surface area contributed by atoms with Gasteiger partial charge in [-0.05, 0) is 20.0 Å². The first-order chi connectivity index (χ1) is 5.79. The maximum atomic E-state index is 11.5. The second-order valence-electron chi connectivity index (χ2n) is 2.65. The fourth-order valence-electron chi connectivity index (χ4n) is 1.16. The maximum absolute atomic E-state index is 11.5. The summed E-state index contributed by atoms with van der Waals surface area (Å²) in [6.07, 6.45) is 1.81. The number of pyridine rings is 1. The molecule has 0 radical (unpaired) electrons. The first-order valence-corrected chi connectivity index (χ1v) is 4.12. The molecular weight excluding hydrogens is 152 g/mol. The average molecular weight is 166 g/mol. The minimum absolute atomic E-state index is 0.106. The number of aryl methyl sites for hydroxylation is 1. The molecule has 66 valence electrons. The van der Waals surface area contributed by atoms with Gasteiger partial charge in [-0.2, -0.15) is 0 Å². The second-order valence-corrected chi connectivity index (χ2v) is 2.65. The SMILES string of the molecule is CCn1cccc(CNC)c1=O. The molecule has 0 aliphatic rings. The van der Waals surface area contributed by atoms with E-state index in [4.69, 9.17) is 0 Å². The van der Waals surface area contributed by atoms with E-state index in [1.807, 2.05) is 32.3 Å². The summed E-state index contributed by atoms with van der Waals surface area (Å²) in [6, 6.07) is 3.75. The third-order valence-electron chi connectivity index (χ3n) is 1.81. The predicted molar refractivity (Wildman–Crippen MR) is 49.1 cm³/mol. The molecule has 0 aliphatic heterocycles. The molecule has 3 heteroatoms. The molecule has 1 N–H and O–H groups in total. The van der Waals surface area contributed by atoms with Gasteiger partial charge in [0.2, 0.25) is 0 Å². The van der Waals surface area contributed by atoms with Gasteiger partial charge in [-0.25, -0.2) is 0 Å². The van der Waals surface area contributed by atoms with E-state index in [-0.39, 0.29) is 5.56 Å². The fourth-order valence-corrected chi connectivity index (χ4v) is 1.16. The van der Waals surface area contributed by atoms with Gasteiger partial charge >= 0.3 is 0 Å². The highest BCUT2D eigenvalue weighted by atomic mass is 16.1. The lowest BCUT2D eigenvalue weighted by atomic mass is 10.3.